The topological polar surface area (TPSA) is 234 Å². The van der Waals surface area contributed by atoms with Gasteiger partial charge in [0.2, 0.25) is 11.8 Å². The monoisotopic (exact) mass is 1010 g/mol. The van der Waals surface area contributed by atoms with E-state index in [0.29, 0.717) is 11.5 Å². The molecule has 386 valence electrons. The van der Waals surface area contributed by atoms with E-state index in [-0.39, 0.29) is 101 Å². The summed E-state index contributed by atoms with van der Waals surface area (Å²) in [5, 5.41) is 30.2. The summed E-state index contributed by atoms with van der Waals surface area (Å²) in [5.74, 6) is -3.25. The maximum Gasteiger partial charge on any atom is 0.317 e. The zero-order valence-corrected chi connectivity index (χ0v) is 40.8. The Hall–Kier alpha value is -8.74. The summed E-state index contributed by atoms with van der Waals surface area (Å²) in [4.78, 5) is 79.3. The van der Waals surface area contributed by atoms with Gasteiger partial charge >= 0.3 is 11.9 Å². The molecule has 0 aliphatic rings. The van der Waals surface area contributed by atoms with Crippen molar-refractivity contribution >= 4 is 35.6 Å². The fraction of sp³-hybridized carbons (Fsp3) is 0.250. The first-order chi connectivity index (χ1) is 36.0. The maximum atomic E-state index is 13.5. The van der Waals surface area contributed by atoms with Gasteiger partial charge in [-0.3, -0.25) is 38.6 Å². The SMILES string of the molecule is O=C(O)CN(CCN(CC(=O)O)CC(=O)NCCNC(=O)c1cccc(OCc2ccccc2)c1OCc1ccccc1)CC(=O)NCCNC(=O)c1cccc(OCc2ccccc2)c1OCc1ccccc1. The number of para-hydroxylation sites is 2. The highest BCUT2D eigenvalue weighted by Gasteiger charge is 2.22. The summed E-state index contributed by atoms with van der Waals surface area (Å²) in [7, 11) is 0. The number of nitrogens with zero attached hydrogens (tertiary/aromatic N) is 2. The van der Waals surface area contributed by atoms with Gasteiger partial charge in [0.05, 0.1) is 37.3 Å². The number of carbonyl (C=O) groups is 6. The average Bonchev–Trinajstić information content (AvgIpc) is 3.41. The molecule has 6 rings (SSSR count). The molecule has 4 amide bonds. The Kier molecular flexibility index (Phi) is 21.8. The van der Waals surface area contributed by atoms with E-state index in [1.807, 2.05) is 121 Å². The maximum absolute atomic E-state index is 13.5. The number of rotatable bonds is 31. The number of carbonyl (C=O) groups excluding carboxylic acids is 4. The molecular weight excluding hydrogens is 949 g/mol. The van der Waals surface area contributed by atoms with Crippen molar-refractivity contribution in [2.24, 2.45) is 0 Å². The first-order valence-electron chi connectivity index (χ1n) is 23.9. The Labute approximate surface area is 429 Å². The molecule has 6 aromatic rings. The number of hydrogen-bond donors (Lipinski definition) is 6. The van der Waals surface area contributed by atoms with E-state index in [9.17, 15) is 39.0 Å². The van der Waals surface area contributed by atoms with Crippen molar-refractivity contribution in [1.82, 2.24) is 31.1 Å². The van der Waals surface area contributed by atoms with Crippen LogP contribution in [-0.4, -0.2) is 121 Å². The molecule has 6 aromatic carbocycles. The number of amides is 4. The van der Waals surface area contributed by atoms with E-state index in [4.69, 9.17) is 18.9 Å². The molecule has 0 radical (unpaired) electrons. The first-order valence-corrected chi connectivity index (χ1v) is 23.9. The molecule has 0 aromatic heterocycles. The van der Waals surface area contributed by atoms with E-state index < -0.39 is 48.7 Å². The third kappa shape index (κ3) is 18.8. The third-order valence-electron chi connectivity index (χ3n) is 11.0. The van der Waals surface area contributed by atoms with Crippen molar-refractivity contribution in [2.45, 2.75) is 26.4 Å². The lowest BCUT2D eigenvalue weighted by molar-refractivity contribution is -0.141. The molecule has 18 heteroatoms. The van der Waals surface area contributed by atoms with E-state index in [1.165, 1.54) is 9.80 Å². The van der Waals surface area contributed by atoms with Crippen molar-refractivity contribution < 1.29 is 57.9 Å². The van der Waals surface area contributed by atoms with Gasteiger partial charge in [-0.2, -0.15) is 0 Å². The number of ether oxygens (including phenoxy) is 4. The van der Waals surface area contributed by atoms with Crippen molar-refractivity contribution in [3.63, 3.8) is 0 Å². The molecule has 18 nitrogen and oxygen atoms in total. The van der Waals surface area contributed by atoms with Gasteiger partial charge in [0, 0.05) is 39.3 Å². The molecule has 6 N–H and O–H groups in total. The number of nitrogens with one attached hydrogen (secondary N) is 4. The summed E-state index contributed by atoms with van der Waals surface area (Å²) < 4.78 is 24.5. The molecule has 0 saturated heterocycles. The minimum absolute atomic E-state index is 0.000406. The van der Waals surface area contributed by atoms with Crippen LogP contribution in [0.25, 0.3) is 0 Å². The lowest BCUT2D eigenvalue weighted by Crippen LogP contribution is -2.47. The van der Waals surface area contributed by atoms with Gasteiger partial charge in [-0.15, -0.1) is 0 Å². The zero-order chi connectivity index (χ0) is 52.3. The van der Waals surface area contributed by atoms with Gasteiger partial charge in [0.1, 0.15) is 26.4 Å². The van der Waals surface area contributed by atoms with Gasteiger partial charge in [-0.25, -0.2) is 0 Å². The van der Waals surface area contributed by atoms with E-state index >= 15 is 0 Å². The highest BCUT2D eigenvalue weighted by atomic mass is 16.5. The third-order valence-corrected chi connectivity index (χ3v) is 11.0. The minimum Gasteiger partial charge on any atom is -0.485 e. The van der Waals surface area contributed by atoms with Crippen molar-refractivity contribution in [3.8, 4) is 23.0 Å². The van der Waals surface area contributed by atoms with Gasteiger partial charge < -0.3 is 50.4 Å². The molecule has 0 aliphatic carbocycles. The van der Waals surface area contributed by atoms with Gasteiger partial charge in [0.15, 0.2) is 23.0 Å². The van der Waals surface area contributed by atoms with Gasteiger partial charge in [-0.05, 0) is 46.5 Å². The molecule has 0 unspecified atom stereocenters. The Morgan fingerprint density at radius 2 is 0.676 bits per heavy atom. The quantitative estimate of drug-likeness (QED) is 0.0309. The lowest BCUT2D eigenvalue weighted by atomic mass is 10.1. The molecule has 0 heterocycles. The fourth-order valence-electron chi connectivity index (χ4n) is 7.40. The number of hydrogen-bond acceptors (Lipinski definition) is 12. The summed E-state index contributed by atoms with van der Waals surface area (Å²) in [6.45, 7) is -1.12. The molecule has 0 bridgehead atoms. The van der Waals surface area contributed by atoms with Crippen LogP contribution in [0.2, 0.25) is 0 Å². The van der Waals surface area contributed by atoms with Crippen LogP contribution in [-0.2, 0) is 45.6 Å². The highest BCUT2D eigenvalue weighted by Crippen LogP contribution is 2.34. The summed E-state index contributed by atoms with van der Waals surface area (Å²) in [6, 6.07) is 48.0. The van der Waals surface area contributed by atoms with Crippen molar-refractivity contribution in [2.75, 3.05) is 65.4 Å². The standard InChI is InChI=1S/C56H60N6O12/c63-49(57-27-29-59-55(69)45-23-13-25-47(71-37-41-15-5-1-6-16-41)53(45)73-39-43-19-9-3-10-20-43)33-61(35-51(65)66)31-32-62(36-52(67)68)34-50(64)58-28-30-60-56(70)46-24-14-26-48(72-38-42-17-7-2-8-18-42)54(46)74-40-44-21-11-4-12-22-44/h1-26H,27-40H2,(H,57,63)(H,58,64)(H,59,69)(H,60,70)(H,65,66)(H,67,68). The second-order valence-corrected chi connectivity index (χ2v) is 16.8. The lowest BCUT2D eigenvalue weighted by Gasteiger charge is -2.25. The molecular formula is C56H60N6O12. The largest absolute Gasteiger partial charge is 0.485 e. The Balaban J connectivity index is 0.962. The normalized spacial score (nSPS) is 10.8. The van der Waals surface area contributed by atoms with Crippen LogP contribution in [0.15, 0.2) is 158 Å². The van der Waals surface area contributed by atoms with Crippen molar-refractivity contribution in [1.29, 1.82) is 0 Å². The molecule has 0 aliphatic heterocycles. The second-order valence-electron chi connectivity index (χ2n) is 16.8. The predicted octanol–water partition coefficient (Wildman–Crippen LogP) is 5.17. The van der Waals surface area contributed by atoms with E-state index in [2.05, 4.69) is 21.3 Å². The fourth-order valence-corrected chi connectivity index (χ4v) is 7.40. The Morgan fingerprint density at radius 1 is 0.365 bits per heavy atom. The van der Waals surface area contributed by atoms with Gasteiger partial charge in [-0.1, -0.05) is 133 Å². The number of aliphatic carboxylic acids is 2. The van der Waals surface area contributed by atoms with Crippen LogP contribution in [0.4, 0.5) is 0 Å². The summed E-state index contributed by atoms with van der Waals surface area (Å²) >= 11 is 0. The van der Waals surface area contributed by atoms with Gasteiger partial charge in [0.25, 0.3) is 11.8 Å². The smallest absolute Gasteiger partial charge is 0.317 e. The van der Waals surface area contributed by atoms with Crippen LogP contribution in [0.5, 0.6) is 23.0 Å². The summed E-state index contributed by atoms with van der Waals surface area (Å²) in [6.07, 6.45) is 0. The van der Waals surface area contributed by atoms with Crippen LogP contribution >= 0.6 is 0 Å². The second kappa shape index (κ2) is 29.6. The highest BCUT2D eigenvalue weighted by molar-refractivity contribution is 5.98. The zero-order valence-electron chi connectivity index (χ0n) is 40.8. The number of carboxylic acids is 2. The average molecular weight is 1010 g/mol. The van der Waals surface area contributed by atoms with Crippen LogP contribution < -0.4 is 40.2 Å². The first kappa shape index (κ1) is 54.6. The number of benzene rings is 6. The minimum atomic E-state index is -1.23. The number of carboxylic acid groups (broad SMARTS) is 2. The molecule has 74 heavy (non-hydrogen) atoms. The summed E-state index contributed by atoms with van der Waals surface area (Å²) in [5.41, 5.74) is 4.07. The van der Waals surface area contributed by atoms with Crippen LogP contribution in [0.1, 0.15) is 43.0 Å². The van der Waals surface area contributed by atoms with Crippen molar-refractivity contribution in [3.05, 3.63) is 191 Å². The van der Waals surface area contributed by atoms with Crippen LogP contribution in [0.3, 0.4) is 0 Å². The Bertz CT molecular complexity index is 2560. The molecule has 0 saturated carbocycles. The van der Waals surface area contributed by atoms with E-state index in [1.54, 1.807) is 36.4 Å². The van der Waals surface area contributed by atoms with E-state index in [0.717, 1.165) is 22.3 Å². The predicted molar refractivity (Wildman–Crippen MR) is 275 cm³/mol. The molecule has 0 spiro atoms. The van der Waals surface area contributed by atoms with Crippen LogP contribution in [0, 0.1) is 0 Å². The molecule has 0 fully saturated rings. The Morgan fingerprint density at radius 3 is 1.00 bits per heavy atom. The molecule has 0 atom stereocenters.